The molecule has 0 saturated heterocycles. The summed E-state index contributed by atoms with van der Waals surface area (Å²) >= 11 is 0. The van der Waals surface area contributed by atoms with Gasteiger partial charge in [-0.2, -0.15) is 0 Å². The molecule has 0 radical (unpaired) electrons. The zero-order valence-corrected chi connectivity index (χ0v) is 13.7. The summed E-state index contributed by atoms with van der Waals surface area (Å²) in [5, 5.41) is 72.9. The van der Waals surface area contributed by atoms with Gasteiger partial charge in [0.2, 0.25) is 0 Å². The molecule has 0 aromatic rings. The Morgan fingerprint density at radius 3 is 1.52 bits per heavy atom. The topological polar surface area (TPSA) is 197 Å². The summed E-state index contributed by atoms with van der Waals surface area (Å²) in [5.41, 5.74) is -3.89. The summed E-state index contributed by atoms with van der Waals surface area (Å²) in [7, 11) is 0. The highest BCUT2D eigenvalue weighted by Gasteiger charge is 2.36. The molecule has 0 aromatic carbocycles. The van der Waals surface area contributed by atoms with Crippen LogP contribution in [0.4, 0.5) is 0 Å². The van der Waals surface area contributed by atoms with E-state index in [9.17, 15) is 30.3 Å². The number of hydrogen-bond donors (Lipinski definition) is 8. The van der Waals surface area contributed by atoms with Crippen molar-refractivity contribution in [2.24, 2.45) is 10.8 Å². The Bertz CT molecular complexity index is 413. The van der Waals surface area contributed by atoms with Crippen molar-refractivity contribution in [3.8, 4) is 0 Å². The Morgan fingerprint density at radius 2 is 1.16 bits per heavy atom. The fraction of sp³-hybridized carbons (Fsp3) is 0.786. The third-order valence-electron chi connectivity index (χ3n) is 3.65. The van der Waals surface area contributed by atoms with E-state index in [4.69, 9.17) is 20.1 Å². The number of rotatable bonds is 13. The molecule has 0 spiro atoms. The normalized spacial score (nSPS) is 13.0. The van der Waals surface area contributed by atoms with Gasteiger partial charge >= 0.3 is 11.9 Å². The molecule has 0 bridgehead atoms. The maximum Gasteiger partial charge on any atom is 0.341 e. The molecule has 0 fully saturated rings. The molecule has 0 saturated carbocycles. The van der Waals surface area contributed by atoms with Crippen LogP contribution >= 0.6 is 0 Å². The predicted octanol–water partition coefficient (Wildman–Crippen LogP) is -4.33. The minimum Gasteiger partial charge on any atom is -0.461 e. The van der Waals surface area contributed by atoms with Crippen molar-refractivity contribution in [2.75, 3.05) is 52.9 Å². The average Bonchev–Trinajstić information content (AvgIpc) is 2.60. The van der Waals surface area contributed by atoms with Crippen LogP contribution < -0.4 is 0 Å². The molecule has 0 rings (SSSR count). The molecule has 0 heterocycles. The Balaban J connectivity index is 4.80. The molecule has 0 aliphatic carbocycles. The van der Waals surface area contributed by atoms with Crippen LogP contribution in [-0.4, -0.2) is 106 Å². The minimum absolute atomic E-state index is 0.314. The van der Waals surface area contributed by atoms with Crippen molar-refractivity contribution in [2.45, 2.75) is 5.97 Å². The Morgan fingerprint density at radius 1 is 0.760 bits per heavy atom. The van der Waals surface area contributed by atoms with Crippen molar-refractivity contribution in [1.29, 1.82) is 0 Å². The summed E-state index contributed by atoms with van der Waals surface area (Å²) in [6.45, 7) is -1.51. The lowest BCUT2D eigenvalue weighted by molar-refractivity contribution is -0.282. The monoisotopic (exact) mass is 370 g/mol. The summed E-state index contributed by atoms with van der Waals surface area (Å²) < 4.78 is 9.89. The fourth-order valence-corrected chi connectivity index (χ4v) is 1.49. The Labute approximate surface area is 144 Å². The van der Waals surface area contributed by atoms with Gasteiger partial charge < -0.3 is 50.3 Å². The SMILES string of the molecule is C=C(C(=O)OCC(CO)(CO)COCC(CO)(CO)CO)C(O)(O)O. The van der Waals surface area contributed by atoms with Crippen LogP contribution in [-0.2, 0) is 14.3 Å². The van der Waals surface area contributed by atoms with Crippen LogP contribution in [0.1, 0.15) is 0 Å². The first-order valence-corrected chi connectivity index (χ1v) is 7.21. The number of carbonyl (C=O) groups excluding carboxylic acids is 1. The fourth-order valence-electron chi connectivity index (χ4n) is 1.49. The van der Waals surface area contributed by atoms with Gasteiger partial charge in [-0.05, 0) is 0 Å². The summed E-state index contributed by atoms with van der Waals surface area (Å²) in [6, 6.07) is 0. The van der Waals surface area contributed by atoms with E-state index in [1.807, 2.05) is 0 Å². The number of carbonyl (C=O) groups is 1. The lowest BCUT2D eigenvalue weighted by Crippen LogP contribution is -2.44. The van der Waals surface area contributed by atoms with Crippen LogP contribution in [0.25, 0.3) is 0 Å². The Kier molecular flexibility index (Phi) is 9.64. The molecule has 0 aliphatic heterocycles. The second-order valence-corrected chi connectivity index (χ2v) is 5.97. The summed E-state index contributed by atoms with van der Waals surface area (Å²) in [4.78, 5) is 11.5. The van der Waals surface area contributed by atoms with Crippen molar-refractivity contribution >= 4 is 5.97 Å². The van der Waals surface area contributed by atoms with E-state index in [1.165, 1.54) is 0 Å². The van der Waals surface area contributed by atoms with E-state index in [2.05, 4.69) is 11.3 Å². The predicted molar refractivity (Wildman–Crippen MR) is 80.6 cm³/mol. The number of ether oxygens (including phenoxy) is 2. The van der Waals surface area contributed by atoms with E-state index in [1.54, 1.807) is 0 Å². The van der Waals surface area contributed by atoms with Gasteiger partial charge in [0.25, 0.3) is 0 Å². The molecule has 8 N–H and O–H groups in total. The number of esters is 1. The molecular weight excluding hydrogens is 344 g/mol. The number of aliphatic hydroxyl groups excluding tert-OH is 5. The quantitative estimate of drug-likeness (QED) is 0.0886. The van der Waals surface area contributed by atoms with Gasteiger partial charge in [0.05, 0.1) is 57.1 Å². The molecule has 148 valence electrons. The molecule has 0 unspecified atom stereocenters. The number of aliphatic hydroxyl groups is 8. The maximum atomic E-state index is 11.5. The second kappa shape index (κ2) is 10.1. The van der Waals surface area contributed by atoms with Gasteiger partial charge in [0.15, 0.2) is 0 Å². The molecule has 11 heteroatoms. The Hall–Kier alpha value is -1.15. The van der Waals surface area contributed by atoms with Crippen LogP contribution in [0.5, 0.6) is 0 Å². The van der Waals surface area contributed by atoms with E-state index in [0.717, 1.165) is 0 Å². The van der Waals surface area contributed by atoms with E-state index in [0.29, 0.717) is 0 Å². The van der Waals surface area contributed by atoms with Crippen LogP contribution in [0.3, 0.4) is 0 Å². The second-order valence-electron chi connectivity index (χ2n) is 5.97. The molecular formula is C14H26O11. The molecule has 0 atom stereocenters. The largest absolute Gasteiger partial charge is 0.461 e. The molecule has 11 nitrogen and oxygen atoms in total. The first kappa shape index (κ1) is 23.9. The third kappa shape index (κ3) is 6.93. The van der Waals surface area contributed by atoms with Crippen molar-refractivity contribution < 1.29 is 55.1 Å². The highest BCUT2D eigenvalue weighted by molar-refractivity contribution is 5.89. The summed E-state index contributed by atoms with van der Waals surface area (Å²) in [5.74, 6) is -4.85. The third-order valence-corrected chi connectivity index (χ3v) is 3.65. The lowest BCUT2D eigenvalue weighted by Gasteiger charge is -2.32. The van der Waals surface area contributed by atoms with E-state index < -0.39 is 68.0 Å². The zero-order valence-electron chi connectivity index (χ0n) is 13.7. The van der Waals surface area contributed by atoms with Gasteiger partial charge in [-0.3, -0.25) is 0 Å². The lowest BCUT2D eigenvalue weighted by atomic mass is 9.90. The first-order valence-electron chi connectivity index (χ1n) is 7.21. The van der Waals surface area contributed by atoms with Crippen molar-refractivity contribution in [3.63, 3.8) is 0 Å². The highest BCUT2D eigenvalue weighted by Crippen LogP contribution is 2.22. The molecule has 0 amide bonds. The zero-order chi connectivity index (χ0) is 19.7. The van der Waals surface area contributed by atoms with E-state index >= 15 is 0 Å². The number of hydrogen-bond acceptors (Lipinski definition) is 11. The summed E-state index contributed by atoms with van der Waals surface area (Å²) in [6.07, 6.45) is 0. The molecule has 25 heavy (non-hydrogen) atoms. The van der Waals surface area contributed by atoms with Gasteiger partial charge in [-0.25, -0.2) is 4.79 Å². The van der Waals surface area contributed by atoms with Gasteiger partial charge in [0.1, 0.15) is 12.2 Å². The maximum absolute atomic E-state index is 11.5. The van der Waals surface area contributed by atoms with Gasteiger partial charge in [-0.15, -0.1) is 0 Å². The van der Waals surface area contributed by atoms with Gasteiger partial charge in [0, 0.05) is 0 Å². The van der Waals surface area contributed by atoms with Crippen molar-refractivity contribution in [3.05, 3.63) is 12.2 Å². The van der Waals surface area contributed by atoms with E-state index in [-0.39, 0.29) is 13.2 Å². The minimum atomic E-state index is -3.47. The highest BCUT2D eigenvalue weighted by atomic mass is 16.7. The standard InChI is InChI=1S/C14H26O11/c1-10(14(21,22)23)11(20)25-9-13(5-18,6-19)8-24-7-12(2-15,3-16)4-17/h15-19,21-23H,1-9H2. The average molecular weight is 370 g/mol. The molecule has 0 aliphatic rings. The van der Waals surface area contributed by atoms with Crippen LogP contribution in [0, 0.1) is 10.8 Å². The van der Waals surface area contributed by atoms with Crippen LogP contribution in [0.15, 0.2) is 12.2 Å². The molecule has 0 aromatic heterocycles. The smallest absolute Gasteiger partial charge is 0.341 e. The van der Waals surface area contributed by atoms with Gasteiger partial charge in [-0.1, -0.05) is 6.58 Å². The van der Waals surface area contributed by atoms with Crippen LogP contribution in [0.2, 0.25) is 0 Å². The van der Waals surface area contributed by atoms with Crippen molar-refractivity contribution in [1.82, 2.24) is 0 Å². The first-order chi connectivity index (χ1) is 11.5.